The molecule has 1 heterocycles. The van der Waals surface area contributed by atoms with E-state index in [0.29, 0.717) is 5.82 Å². The third-order valence-corrected chi connectivity index (χ3v) is 4.29. The Morgan fingerprint density at radius 3 is 2.53 bits per heavy atom. The van der Waals surface area contributed by atoms with Crippen LogP contribution in [-0.2, 0) is 5.75 Å². The van der Waals surface area contributed by atoms with Crippen molar-refractivity contribution in [3.63, 3.8) is 0 Å². The van der Waals surface area contributed by atoms with E-state index in [2.05, 4.69) is 43.5 Å². The Bertz CT molecular complexity index is 572. The SMILES string of the molecule is Cc1nc(CSc2ccc(Br)cc2)nc(NN)c1C. The minimum Gasteiger partial charge on any atom is -0.308 e. The first-order chi connectivity index (χ1) is 9.10. The number of nitrogens with zero attached hydrogens (tertiary/aromatic N) is 2. The maximum absolute atomic E-state index is 5.46. The summed E-state index contributed by atoms with van der Waals surface area (Å²) < 4.78 is 1.08. The molecule has 0 saturated heterocycles. The molecular weight excluding hydrogens is 324 g/mol. The van der Waals surface area contributed by atoms with Gasteiger partial charge in [0.2, 0.25) is 0 Å². The second kappa shape index (κ2) is 6.36. The van der Waals surface area contributed by atoms with Crippen LogP contribution in [0.5, 0.6) is 0 Å². The highest BCUT2D eigenvalue weighted by Gasteiger charge is 2.07. The molecule has 0 aliphatic heterocycles. The van der Waals surface area contributed by atoms with E-state index in [1.54, 1.807) is 11.8 Å². The van der Waals surface area contributed by atoms with Gasteiger partial charge in [-0.1, -0.05) is 15.9 Å². The number of thioether (sulfide) groups is 1. The molecule has 19 heavy (non-hydrogen) atoms. The van der Waals surface area contributed by atoms with E-state index in [0.717, 1.165) is 27.3 Å². The normalized spacial score (nSPS) is 10.5. The number of halogens is 1. The van der Waals surface area contributed by atoms with Crippen molar-refractivity contribution in [1.29, 1.82) is 0 Å². The average Bonchev–Trinajstić information content (AvgIpc) is 2.41. The number of nitrogen functional groups attached to an aromatic ring is 1. The van der Waals surface area contributed by atoms with E-state index in [1.807, 2.05) is 26.0 Å². The van der Waals surface area contributed by atoms with Crippen LogP contribution in [0.4, 0.5) is 5.82 Å². The number of hydrogen-bond acceptors (Lipinski definition) is 5. The minimum atomic E-state index is 0.693. The Morgan fingerprint density at radius 2 is 1.89 bits per heavy atom. The van der Waals surface area contributed by atoms with Gasteiger partial charge >= 0.3 is 0 Å². The fraction of sp³-hybridized carbons (Fsp3) is 0.231. The fourth-order valence-electron chi connectivity index (χ4n) is 1.57. The molecule has 6 heteroatoms. The summed E-state index contributed by atoms with van der Waals surface area (Å²) in [6, 6.07) is 8.18. The first-order valence-electron chi connectivity index (χ1n) is 5.79. The number of anilines is 1. The molecule has 0 radical (unpaired) electrons. The molecule has 0 saturated carbocycles. The Balaban J connectivity index is 2.11. The maximum atomic E-state index is 5.46. The lowest BCUT2D eigenvalue weighted by Crippen LogP contribution is -2.13. The zero-order chi connectivity index (χ0) is 13.8. The van der Waals surface area contributed by atoms with E-state index in [1.165, 1.54) is 4.90 Å². The molecule has 0 amide bonds. The summed E-state index contributed by atoms with van der Waals surface area (Å²) in [4.78, 5) is 10.1. The van der Waals surface area contributed by atoms with Crippen LogP contribution in [0.25, 0.3) is 0 Å². The largest absolute Gasteiger partial charge is 0.308 e. The lowest BCUT2D eigenvalue weighted by atomic mass is 10.2. The second-order valence-corrected chi connectivity index (χ2v) is 6.05. The molecule has 0 atom stereocenters. The average molecular weight is 339 g/mol. The van der Waals surface area contributed by atoms with Gasteiger partial charge in [0.15, 0.2) is 0 Å². The number of aromatic nitrogens is 2. The second-order valence-electron chi connectivity index (χ2n) is 4.09. The van der Waals surface area contributed by atoms with Crippen molar-refractivity contribution in [2.24, 2.45) is 5.84 Å². The van der Waals surface area contributed by atoms with Crippen molar-refractivity contribution < 1.29 is 0 Å². The summed E-state index contributed by atoms with van der Waals surface area (Å²) >= 11 is 5.12. The van der Waals surface area contributed by atoms with E-state index in [9.17, 15) is 0 Å². The molecule has 100 valence electrons. The van der Waals surface area contributed by atoms with Gasteiger partial charge in [-0.25, -0.2) is 15.8 Å². The number of aryl methyl sites for hydroxylation is 1. The van der Waals surface area contributed by atoms with Crippen molar-refractivity contribution in [1.82, 2.24) is 9.97 Å². The maximum Gasteiger partial charge on any atom is 0.146 e. The zero-order valence-electron chi connectivity index (χ0n) is 10.8. The molecule has 0 spiro atoms. The highest BCUT2D eigenvalue weighted by molar-refractivity contribution is 9.10. The van der Waals surface area contributed by atoms with Crippen molar-refractivity contribution >= 4 is 33.5 Å². The van der Waals surface area contributed by atoms with Crippen LogP contribution in [-0.4, -0.2) is 9.97 Å². The van der Waals surface area contributed by atoms with Crippen molar-refractivity contribution in [3.05, 3.63) is 45.8 Å². The number of nitrogens with one attached hydrogen (secondary N) is 1. The Labute approximate surface area is 125 Å². The Morgan fingerprint density at radius 1 is 1.21 bits per heavy atom. The van der Waals surface area contributed by atoms with Gasteiger partial charge in [-0.05, 0) is 38.1 Å². The van der Waals surface area contributed by atoms with Crippen LogP contribution in [0.3, 0.4) is 0 Å². The third kappa shape index (κ3) is 3.68. The van der Waals surface area contributed by atoms with Crippen molar-refractivity contribution in [2.45, 2.75) is 24.5 Å². The quantitative estimate of drug-likeness (QED) is 0.508. The molecule has 0 aliphatic carbocycles. The lowest BCUT2D eigenvalue weighted by molar-refractivity contribution is 0.968. The van der Waals surface area contributed by atoms with E-state index in [4.69, 9.17) is 5.84 Å². The van der Waals surface area contributed by atoms with Crippen LogP contribution in [0.1, 0.15) is 17.1 Å². The lowest BCUT2D eigenvalue weighted by Gasteiger charge is -2.09. The molecular formula is C13H15BrN4S. The number of benzene rings is 1. The van der Waals surface area contributed by atoms with E-state index >= 15 is 0 Å². The first-order valence-corrected chi connectivity index (χ1v) is 7.57. The van der Waals surface area contributed by atoms with Gasteiger partial charge in [0.1, 0.15) is 11.6 Å². The number of nitrogens with two attached hydrogens (primary N) is 1. The summed E-state index contributed by atoms with van der Waals surface area (Å²) in [6.45, 7) is 3.92. The summed E-state index contributed by atoms with van der Waals surface area (Å²) in [5.74, 6) is 7.65. The van der Waals surface area contributed by atoms with Gasteiger partial charge in [0.25, 0.3) is 0 Å². The van der Waals surface area contributed by atoms with Crippen LogP contribution in [0.2, 0.25) is 0 Å². The smallest absolute Gasteiger partial charge is 0.146 e. The van der Waals surface area contributed by atoms with Crippen LogP contribution in [0.15, 0.2) is 33.6 Å². The predicted octanol–water partition coefficient (Wildman–Crippen LogP) is 3.43. The summed E-state index contributed by atoms with van der Waals surface area (Å²) in [7, 11) is 0. The number of rotatable bonds is 4. The molecule has 2 aromatic rings. The molecule has 0 fully saturated rings. The molecule has 3 N–H and O–H groups in total. The number of hydrazine groups is 1. The fourth-order valence-corrected chi connectivity index (χ4v) is 2.59. The summed E-state index contributed by atoms with van der Waals surface area (Å²) in [5, 5.41) is 0. The van der Waals surface area contributed by atoms with Crippen LogP contribution >= 0.6 is 27.7 Å². The van der Waals surface area contributed by atoms with Crippen LogP contribution in [0, 0.1) is 13.8 Å². The van der Waals surface area contributed by atoms with Gasteiger partial charge in [0, 0.05) is 20.6 Å². The van der Waals surface area contributed by atoms with E-state index in [-0.39, 0.29) is 0 Å². The van der Waals surface area contributed by atoms with Crippen molar-refractivity contribution in [3.8, 4) is 0 Å². The third-order valence-electron chi connectivity index (χ3n) is 2.75. The highest BCUT2D eigenvalue weighted by atomic mass is 79.9. The van der Waals surface area contributed by atoms with Gasteiger partial charge in [-0.15, -0.1) is 11.8 Å². The molecule has 0 bridgehead atoms. The predicted molar refractivity (Wildman–Crippen MR) is 83.0 cm³/mol. The van der Waals surface area contributed by atoms with Crippen molar-refractivity contribution in [2.75, 3.05) is 5.43 Å². The molecule has 1 aromatic carbocycles. The topological polar surface area (TPSA) is 63.8 Å². The summed E-state index contributed by atoms with van der Waals surface area (Å²) in [6.07, 6.45) is 0. The minimum absolute atomic E-state index is 0.693. The summed E-state index contributed by atoms with van der Waals surface area (Å²) in [5.41, 5.74) is 4.55. The Hall–Kier alpha value is -1.11. The van der Waals surface area contributed by atoms with Gasteiger partial charge in [-0.2, -0.15) is 0 Å². The van der Waals surface area contributed by atoms with Gasteiger partial charge in [-0.3, -0.25) is 0 Å². The molecule has 2 rings (SSSR count). The van der Waals surface area contributed by atoms with E-state index < -0.39 is 0 Å². The van der Waals surface area contributed by atoms with Gasteiger partial charge in [0.05, 0.1) is 5.75 Å². The first kappa shape index (κ1) is 14.3. The molecule has 1 aromatic heterocycles. The molecule has 4 nitrogen and oxygen atoms in total. The monoisotopic (exact) mass is 338 g/mol. The zero-order valence-corrected chi connectivity index (χ0v) is 13.2. The molecule has 0 aliphatic rings. The molecule has 0 unspecified atom stereocenters. The van der Waals surface area contributed by atoms with Crippen LogP contribution < -0.4 is 11.3 Å². The number of hydrogen-bond donors (Lipinski definition) is 2. The standard InChI is InChI=1S/C13H15BrN4S/c1-8-9(2)16-12(17-13(8)18-15)7-19-11-5-3-10(14)4-6-11/h3-6H,7,15H2,1-2H3,(H,16,17,18). The highest BCUT2D eigenvalue weighted by Crippen LogP contribution is 2.24. The van der Waals surface area contributed by atoms with Gasteiger partial charge < -0.3 is 5.43 Å². The Kier molecular flexibility index (Phi) is 4.79.